The molecule has 1 heterocycles. The second kappa shape index (κ2) is 15.8. The number of para-hydroxylation sites is 1. The molecule has 5 nitrogen and oxygen atoms in total. The minimum absolute atomic E-state index is 0.0346. The first-order valence-electron chi connectivity index (χ1n) is 13.7. The lowest BCUT2D eigenvalue weighted by Crippen LogP contribution is -2.37. The number of nitrogens with two attached hydrogens (primary N) is 2. The first-order valence-corrected chi connectivity index (χ1v) is 15.4. The lowest BCUT2D eigenvalue weighted by molar-refractivity contribution is -0.120. The third-order valence-corrected chi connectivity index (χ3v) is 9.04. The van der Waals surface area contributed by atoms with Crippen LogP contribution in [0.2, 0.25) is 0 Å². The van der Waals surface area contributed by atoms with Crippen LogP contribution in [-0.2, 0) is 21.4 Å². The zero-order valence-electron chi connectivity index (χ0n) is 22.1. The van der Waals surface area contributed by atoms with Crippen LogP contribution in [0.25, 0.3) is 10.2 Å². The summed E-state index contributed by atoms with van der Waals surface area (Å²) in [6.45, 7) is 0. The van der Waals surface area contributed by atoms with Gasteiger partial charge in [-0.15, -0.1) is 36.6 Å². The summed E-state index contributed by atoms with van der Waals surface area (Å²) in [5.74, 6) is 0. The molecule has 1 atom stereocenters. The van der Waals surface area contributed by atoms with E-state index in [1.807, 2.05) is 54.6 Å². The third-order valence-electron chi connectivity index (χ3n) is 7.21. The predicted octanol–water partition coefficient (Wildman–Crippen LogP) is 6.64. The molecular weight excluding hydrogens is 531 g/mol. The molecule has 2 aliphatic rings. The number of carbonyl (C=O) groups is 2. The van der Waals surface area contributed by atoms with Crippen LogP contribution in [0.1, 0.15) is 81.2 Å². The van der Waals surface area contributed by atoms with Crippen molar-refractivity contribution in [1.29, 1.82) is 0 Å². The molecule has 2 fully saturated rings. The molecule has 8 heteroatoms. The molecule has 0 spiro atoms. The van der Waals surface area contributed by atoms with Gasteiger partial charge in [-0.2, -0.15) is 0 Å². The fourth-order valence-electron chi connectivity index (χ4n) is 5.00. The Morgan fingerprint density at radius 3 is 1.79 bits per heavy atom. The monoisotopic (exact) mass is 571 g/mol. The van der Waals surface area contributed by atoms with Gasteiger partial charge in [0.2, 0.25) is 0 Å². The van der Waals surface area contributed by atoms with Crippen LogP contribution in [0, 0.1) is 0 Å². The first kappa shape index (κ1) is 30.8. The van der Waals surface area contributed by atoms with Crippen molar-refractivity contribution in [3.8, 4) is 0 Å². The second-order valence-electron chi connectivity index (χ2n) is 10.4. The molecule has 0 saturated heterocycles. The van der Waals surface area contributed by atoms with Crippen LogP contribution in [0.5, 0.6) is 0 Å². The van der Waals surface area contributed by atoms with Crippen molar-refractivity contribution in [3.05, 3.63) is 65.2 Å². The molecule has 3 aromatic rings. The van der Waals surface area contributed by atoms with Crippen molar-refractivity contribution in [3.63, 3.8) is 0 Å². The molecule has 1 aromatic heterocycles. The molecule has 2 aliphatic carbocycles. The summed E-state index contributed by atoms with van der Waals surface area (Å²) < 4.78 is 0.978. The zero-order valence-corrected chi connectivity index (χ0v) is 24.7. The highest BCUT2D eigenvalue weighted by atomic mass is 32.1. The topological polar surface area (TPSA) is 99.1 Å². The summed E-state index contributed by atoms with van der Waals surface area (Å²) in [6.07, 6.45) is 13.7. The van der Waals surface area contributed by atoms with E-state index in [2.05, 4.69) is 30.2 Å². The molecule has 206 valence electrons. The van der Waals surface area contributed by atoms with Gasteiger partial charge in [-0.1, -0.05) is 81.0 Å². The van der Waals surface area contributed by atoms with Crippen molar-refractivity contribution in [1.82, 2.24) is 4.98 Å². The van der Waals surface area contributed by atoms with Gasteiger partial charge >= 0.3 is 0 Å². The lowest BCUT2D eigenvalue weighted by Gasteiger charge is -2.27. The van der Waals surface area contributed by atoms with Crippen molar-refractivity contribution < 1.29 is 9.59 Å². The number of aromatic nitrogens is 1. The SMILES string of the molecule is NC1CCCCC1.NC1CCCCC1.O=C(S)CC(Cc1ccccc1)(C(=O)S)c1nc2ccccc2s1. The quantitative estimate of drug-likeness (QED) is 0.249. The van der Waals surface area contributed by atoms with E-state index in [0.717, 1.165) is 15.8 Å². The van der Waals surface area contributed by atoms with E-state index in [1.54, 1.807) is 0 Å². The van der Waals surface area contributed by atoms with E-state index >= 15 is 0 Å². The summed E-state index contributed by atoms with van der Waals surface area (Å²) in [5.41, 5.74) is 11.9. The Kier molecular flexibility index (Phi) is 12.8. The van der Waals surface area contributed by atoms with Crippen LogP contribution in [0.4, 0.5) is 0 Å². The molecule has 0 bridgehead atoms. The van der Waals surface area contributed by atoms with E-state index in [9.17, 15) is 9.59 Å². The Morgan fingerprint density at radius 2 is 1.34 bits per heavy atom. The number of rotatable bonds is 6. The number of fused-ring (bicyclic) bond motifs is 1. The minimum Gasteiger partial charge on any atom is -0.328 e. The van der Waals surface area contributed by atoms with Crippen LogP contribution in [-0.4, -0.2) is 27.3 Å². The molecule has 1 unspecified atom stereocenters. The molecule has 4 N–H and O–H groups in total. The van der Waals surface area contributed by atoms with E-state index in [0.29, 0.717) is 23.5 Å². The van der Waals surface area contributed by atoms with Gasteiger partial charge in [0.05, 0.1) is 10.2 Å². The summed E-state index contributed by atoms with van der Waals surface area (Å²) >= 11 is 9.46. The Hall–Kier alpha value is -1.71. The summed E-state index contributed by atoms with van der Waals surface area (Å²) in [4.78, 5) is 28.9. The van der Waals surface area contributed by atoms with Crippen LogP contribution >= 0.6 is 36.6 Å². The van der Waals surface area contributed by atoms with Gasteiger partial charge in [-0.3, -0.25) is 9.59 Å². The molecule has 2 aromatic carbocycles. The van der Waals surface area contributed by atoms with Crippen LogP contribution < -0.4 is 11.5 Å². The highest BCUT2D eigenvalue weighted by Crippen LogP contribution is 2.39. The maximum absolute atomic E-state index is 12.5. The fourth-order valence-corrected chi connectivity index (χ4v) is 6.76. The zero-order chi connectivity index (χ0) is 27.4. The largest absolute Gasteiger partial charge is 0.328 e. The molecule has 2 saturated carbocycles. The lowest BCUT2D eigenvalue weighted by atomic mass is 9.80. The standard InChI is InChI=1S/C18H15NO2S3.2C6H13N/c20-15(22)11-18(17(21)23,10-12-6-2-1-3-7-12)16-19-13-8-4-5-9-14(13)24-16;2*7-6-4-2-1-3-5-6/h1-9H,10-11H2,(H,20,22)(H,21,23);2*6H,1-5,7H2. The number of benzene rings is 2. The van der Waals surface area contributed by atoms with Crippen LogP contribution in [0.15, 0.2) is 54.6 Å². The number of nitrogens with zero attached hydrogens (tertiary/aromatic N) is 1. The Bertz CT molecular complexity index is 1090. The summed E-state index contributed by atoms with van der Waals surface area (Å²) in [5, 5.41) is -0.115. The molecule has 0 radical (unpaired) electrons. The highest BCUT2D eigenvalue weighted by molar-refractivity contribution is 7.97. The number of thiol groups is 2. The van der Waals surface area contributed by atoms with Gasteiger partial charge in [0, 0.05) is 18.5 Å². The predicted molar refractivity (Wildman–Crippen MR) is 166 cm³/mol. The van der Waals surface area contributed by atoms with E-state index in [-0.39, 0.29) is 16.7 Å². The van der Waals surface area contributed by atoms with Gasteiger partial charge in [0.1, 0.15) is 10.4 Å². The Morgan fingerprint density at radius 1 is 0.816 bits per heavy atom. The van der Waals surface area contributed by atoms with Gasteiger partial charge in [-0.25, -0.2) is 4.98 Å². The van der Waals surface area contributed by atoms with E-state index in [4.69, 9.17) is 11.5 Å². The van der Waals surface area contributed by atoms with E-state index < -0.39 is 5.41 Å². The first-order chi connectivity index (χ1) is 18.3. The molecule has 0 aliphatic heterocycles. The average molecular weight is 572 g/mol. The number of hydrogen-bond acceptors (Lipinski definition) is 6. The number of carbonyl (C=O) groups excluding carboxylic acids is 2. The van der Waals surface area contributed by atoms with Crippen LogP contribution in [0.3, 0.4) is 0 Å². The maximum atomic E-state index is 12.5. The summed E-state index contributed by atoms with van der Waals surface area (Å²) in [7, 11) is 0. The smallest absolute Gasteiger partial charge is 0.199 e. The number of thiazole rings is 1. The fraction of sp³-hybridized carbons (Fsp3) is 0.500. The van der Waals surface area contributed by atoms with Crippen molar-refractivity contribution >= 4 is 57.0 Å². The van der Waals surface area contributed by atoms with Crippen molar-refractivity contribution in [2.45, 2.75) is 94.5 Å². The number of hydrogen-bond donors (Lipinski definition) is 4. The van der Waals surface area contributed by atoms with Gasteiger partial charge < -0.3 is 11.5 Å². The summed E-state index contributed by atoms with van der Waals surface area (Å²) in [6, 6.07) is 18.3. The minimum atomic E-state index is -1.10. The van der Waals surface area contributed by atoms with Gasteiger partial charge in [0.25, 0.3) is 0 Å². The molecular formula is C30H41N3O2S3. The molecule has 0 amide bonds. The van der Waals surface area contributed by atoms with Gasteiger partial charge in [-0.05, 0) is 49.8 Å². The average Bonchev–Trinajstić information content (AvgIpc) is 3.35. The Balaban J connectivity index is 0.000000231. The van der Waals surface area contributed by atoms with Crippen molar-refractivity contribution in [2.75, 3.05) is 0 Å². The third kappa shape index (κ3) is 9.49. The van der Waals surface area contributed by atoms with Crippen molar-refractivity contribution in [2.24, 2.45) is 11.5 Å². The maximum Gasteiger partial charge on any atom is 0.199 e. The highest BCUT2D eigenvalue weighted by Gasteiger charge is 2.43. The Labute approximate surface area is 242 Å². The second-order valence-corrected chi connectivity index (χ2v) is 12.3. The normalized spacial score (nSPS) is 17.9. The molecule has 38 heavy (non-hydrogen) atoms. The molecule has 5 rings (SSSR count). The van der Waals surface area contributed by atoms with Gasteiger partial charge in [0.15, 0.2) is 10.2 Å². The van der Waals surface area contributed by atoms with E-state index in [1.165, 1.54) is 75.5 Å².